The fourth-order valence-corrected chi connectivity index (χ4v) is 1.94. The van der Waals surface area contributed by atoms with Gasteiger partial charge in [0.1, 0.15) is 0 Å². The van der Waals surface area contributed by atoms with Crippen molar-refractivity contribution >= 4 is 16.7 Å². The molecule has 2 atom stereocenters. The van der Waals surface area contributed by atoms with E-state index in [1.54, 1.807) is 12.3 Å². The van der Waals surface area contributed by atoms with E-state index in [-0.39, 0.29) is 16.9 Å². The Hall–Kier alpha value is -1.56. The summed E-state index contributed by atoms with van der Waals surface area (Å²) in [5, 5.41) is 12.4. The van der Waals surface area contributed by atoms with E-state index in [0.717, 1.165) is 0 Å². The maximum atomic E-state index is 11.8. The molecule has 1 aromatic rings. The molecule has 0 aliphatic rings. The second-order valence-electron chi connectivity index (χ2n) is 4.24. The number of hydrogen-bond acceptors (Lipinski definition) is 4. The second kappa shape index (κ2) is 7.13. The highest BCUT2D eigenvalue weighted by Gasteiger charge is 2.10. The molecular weight excluding hydrogens is 266 g/mol. The van der Waals surface area contributed by atoms with Gasteiger partial charge in [-0.1, -0.05) is 6.92 Å². The fraction of sp³-hybridized carbons (Fsp3) is 0.462. The molecule has 2 unspecified atom stereocenters. The monoisotopic (exact) mass is 285 g/mol. The number of rotatable bonds is 6. The Morgan fingerprint density at radius 1 is 1.53 bits per heavy atom. The molecule has 0 aromatic heterocycles. The van der Waals surface area contributed by atoms with Gasteiger partial charge in [0, 0.05) is 34.4 Å². The highest BCUT2D eigenvalue weighted by atomic mass is 32.2. The van der Waals surface area contributed by atoms with Gasteiger partial charge in [-0.2, -0.15) is 0 Å². The van der Waals surface area contributed by atoms with Gasteiger partial charge in [0.15, 0.2) is 11.5 Å². The summed E-state index contributed by atoms with van der Waals surface area (Å²) in [6.45, 7) is 2.33. The number of benzene rings is 1. The summed E-state index contributed by atoms with van der Waals surface area (Å²) in [5.41, 5.74) is 0.364. The number of carbonyl (C=O) groups excluding carboxylic acids is 1. The highest BCUT2D eigenvalue weighted by Crippen LogP contribution is 2.26. The van der Waals surface area contributed by atoms with Crippen LogP contribution < -0.4 is 10.1 Å². The van der Waals surface area contributed by atoms with Crippen LogP contribution in [0.3, 0.4) is 0 Å². The lowest BCUT2D eigenvalue weighted by atomic mass is 10.2. The van der Waals surface area contributed by atoms with Gasteiger partial charge < -0.3 is 15.2 Å². The predicted octanol–water partition coefficient (Wildman–Crippen LogP) is 1.29. The molecule has 5 nitrogen and oxygen atoms in total. The molecule has 0 bridgehead atoms. The minimum Gasteiger partial charge on any atom is -0.504 e. The summed E-state index contributed by atoms with van der Waals surface area (Å²) in [5.74, 6) is -0.0169. The normalized spacial score (nSPS) is 13.6. The first kappa shape index (κ1) is 15.5. The molecule has 1 aromatic carbocycles. The second-order valence-corrected chi connectivity index (χ2v) is 6.04. The van der Waals surface area contributed by atoms with E-state index < -0.39 is 10.8 Å². The average Bonchev–Trinajstić information content (AvgIpc) is 2.38. The number of phenolic OH excluding ortho intramolecular Hbond substituents is 1. The first-order valence-corrected chi connectivity index (χ1v) is 7.55. The first-order chi connectivity index (χ1) is 8.95. The number of aromatic hydroxyl groups is 1. The molecule has 0 radical (unpaired) electrons. The standard InChI is InChI=1S/C13H19NO4S/c1-9(19(3)17)6-7-14-13(16)10-4-5-12(18-2)11(15)8-10/h4-5,8-9,15H,6-7H2,1-3H3,(H,14,16). The summed E-state index contributed by atoms with van der Waals surface area (Å²) in [6.07, 6.45) is 2.30. The van der Waals surface area contributed by atoms with Crippen molar-refractivity contribution in [1.29, 1.82) is 0 Å². The van der Waals surface area contributed by atoms with Crippen molar-refractivity contribution in [3.05, 3.63) is 23.8 Å². The molecule has 0 saturated carbocycles. The van der Waals surface area contributed by atoms with Crippen molar-refractivity contribution < 1.29 is 18.8 Å². The number of phenols is 1. The molecule has 0 fully saturated rings. The van der Waals surface area contributed by atoms with Crippen LogP contribution in [0.1, 0.15) is 23.7 Å². The first-order valence-electron chi connectivity index (χ1n) is 5.93. The molecule has 1 rings (SSSR count). The van der Waals surface area contributed by atoms with Crippen LogP contribution in [0.25, 0.3) is 0 Å². The van der Waals surface area contributed by atoms with Crippen LogP contribution in [0.4, 0.5) is 0 Å². The topological polar surface area (TPSA) is 75.6 Å². The molecule has 106 valence electrons. The molecule has 6 heteroatoms. The lowest BCUT2D eigenvalue weighted by Crippen LogP contribution is -2.27. The number of hydrogen-bond donors (Lipinski definition) is 2. The van der Waals surface area contributed by atoms with E-state index in [1.165, 1.54) is 19.2 Å². The number of nitrogens with one attached hydrogen (secondary N) is 1. The zero-order valence-electron chi connectivity index (χ0n) is 11.3. The third-order valence-electron chi connectivity index (χ3n) is 2.84. The fourth-order valence-electron chi connectivity index (χ4n) is 1.49. The Morgan fingerprint density at radius 2 is 2.21 bits per heavy atom. The summed E-state index contributed by atoms with van der Waals surface area (Å²) in [7, 11) is 0.560. The van der Waals surface area contributed by atoms with Crippen LogP contribution in [0.5, 0.6) is 11.5 Å². The van der Waals surface area contributed by atoms with Crippen molar-refractivity contribution in [2.75, 3.05) is 19.9 Å². The molecule has 0 heterocycles. The molecule has 0 aliphatic carbocycles. The largest absolute Gasteiger partial charge is 0.504 e. The van der Waals surface area contributed by atoms with E-state index in [0.29, 0.717) is 24.3 Å². The maximum Gasteiger partial charge on any atom is 0.251 e. The van der Waals surface area contributed by atoms with E-state index in [2.05, 4.69) is 5.32 Å². The molecule has 1 amide bonds. The van der Waals surface area contributed by atoms with Crippen LogP contribution in [0, 0.1) is 0 Å². The van der Waals surface area contributed by atoms with Crippen LogP contribution in [0.2, 0.25) is 0 Å². The van der Waals surface area contributed by atoms with Gasteiger partial charge in [0.05, 0.1) is 7.11 Å². The van der Waals surface area contributed by atoms with Gasteiger partial charge in [-0.05, 0) is 24.6 Å². The van der Waals surface area contributed by atoms with Crippen molar-refractivity contribution in [2.24, 2.45) is 0 Å². The number of amides is 1. The van der Waals surface area contributed by atoms with Crippen molar-refractivity contribution in [2.45, 2.75) is 18.6 Å². The van der Waals surface area contributed by atoms with Crippen LogP contribution in [-0.2, 0) is 10.8 Å². The number of carbonyl (C=O) groups is 1. The summed E-state index contributed by atoms with van der Waals surface area (Å²) in [6, 6.07) is 4.47. The van der Waals surface area contributed by atoms with Crippen molar-refractivity contribution in [3.63, 3.8) is 0 Å². The highest BCUT2D eigenvalue weighted by molar-refractivity contribution is 7.84. The van der Waals surface area contributed by atoms with E-state index in [9.17, 15) is 14.1 Å². The van der Waals surface area contributed by atoms with E-state index in [1.807, 2.05) is 6.92 Å². The van der Waals surface area contributed by atoms with Gasteiger partial charge >= 0.3 is 0 Å². The van der Waals surface area contributed by atoms with Gasteiger partial charge in [-0.3, -0.25) is 9.00 Å². The maximum absolute atomic E-state index is 11.8. The van der Waals surface area contributed by atoms with Crippen LogP contribution >= 0.6 is 0 Å². The smallest absolute Gasteiger partial charge is 0.251 e. The SMILES string of the molecule is COc1ccc(C(=O)NCCC(C)S(C)=O)cc1O. The van der Waals surface area contributed by atoms with E-state index in [4.69, 9.17) is 4.74 Å². The molecule has 2 N–H and O–H groups in total. The summed E-state index contributed by atoms with van der Waals surface area (Å²) < 4.78 is 16.1. The van der Waals surface area contributed by atoms with E-state index >= 15 is 0 Å². The zero-order chi connectivity index (χ0) is 14.4. The average molecular weight is 285 g/mol. The van der Waals surface area contributed by atoms with Crippen LogP contribution in [0.15, 0.2) is 18.2 Å². The predicted molar refractivity (Wildman–Crippen MR) is 75.1 cm³/mol. The zero-order valence-corrected chi connectivity index (χ0v) is 12.1. The molecular formula is C13H19NO4S. The summed E-state index contributed by atoms with van der Waals surface area (Å²) >= 11 is 0. The Balaban J connectivity index is 2.54. The Morgan fingerprint density at radius 3 is 2.74 bits per heavy atom. The third-order valence-corrected chi connectivity index (χ3v) is 4.21. The number of ether oxygens (including phenoxy) is 1. The Labute approximate surface area is 115 Å². The molecule has 19 heavy (non-hydrogen) atoms. The summed E-state index contributed by atoms with van der Waals surface area (Å²) in [4.78, 5) is 11.8. The van der Waals surface area contributed by atoms with Gasteiger partial charge in [-0.25, -0.2) is 0 Å². The van der Waals surface area contributed by atoms with Crippen LogP contribution in [-0.4, -0.2) is 40.4 Å². The number of methoxy groups -OCH3 is 1. The van der Waals surface area contributed by atoms with Gasteiger partial charge in [-0.15, -0.1) is 0 Å². The lowest BCUT2D eigenvalue weighted by molar-refractivity contribution is 0.0953. The minimum atomic E-state index is -0.885. The Kier molecular flexibility index (Phi) is 5.82. The minimum absolute atomic E-state index is 0.0459. The van der Waals surface area contributed by atoms with Crippen molar-refractivity contribution in [1.82, 2.24) is 5.32 Å². The van der Waals surface area contributed by atoms with Crippen molar-refractivity contribution in [3.8, 4) is 11.5 Å². The van der Waals surface area contributed by atoms with Gasteiger partial charge in [0.2, 0.25) is 0 Å². The third kappa shape index (κ3) is 4.55. The molecule has 0 spiro atoms. The quantitative estimate of drug-likeness (QED) is 0.826. The molecule has 0 aliphatic heterocycles. The van der Waals surface area contributed by atoms with Gasteiger partial charge in [0.25, 0.3) is 5.91 Å². The lowest BCUT2D eigenvalue weighted by Gasteiger charge is -2.10. The Bertz CT molecular complexity index is 476. The molecule has 0 saturated heterocycles.